The van der Waals surface area contributed by atoms with E-state index >= 15 is 0 Å². The van der Waals surface area contributed by atoms with Gasteiger partial charge < -0.3 is 0 Å². The third kappa shape index (κ3) is 55.6. The van der Waals surface area contributed by atoms with Gasteiger partial charge in [-0.1, -0.05) is 349 Å². The predicted molar refractivity (Wildman–Crippen MR) is 317 cm³/mol. The first-order chi connectivity index (χ1) is 33.2. The van der Waals surface area contributed by atoms with Crippen LogP contribution in [-0.4, -0.2) is 24.6 Å². The summed E-state index contributed by atoms with van der Waals surface area (Å²) < 4.78 is 0. The van der Waals surface area contributed by atoms with Gasteiger partial charge in [0.2, 0.25) is 0 Å². The summed E-state index contributed by atoms with van der Waals surface area (Å²) in [7, 11) is -0.835. The van der Waals surface area contributed by atoms with Crippen molar-refractivity contribution < 1.29 is 0 Å². The van der Waals surface area contributed by atoms with Gasteiger partial charge in [0.15, 0.2) is 0 Å². The minimum Gasteiger partial charge on any atom is -0.0654 e. The van der Waals surface area contributed by atoms with Crippen molar-refractivity contribution in [3.05, 3.63) is 0 Å². The van der Waals surface area contributed by atoms with E-state index in [-0.39, 0.29) is 0 Å². The van der Waals surface area contributed by atoms with Gasteiger partial charge in [0.25, 0.3) is 0 Å². The van der Waals surface area contributed by atoms with Gasteiger partial charge in [0.1, 0.15) is 0 Å². The summed E-state index contributed by atoms with van der Waals surface area (Å²) in [5, 5.41) is 0. The maximum Gasteiger partial charge on any atom is 0.0594 e. The highest BCUT2D eigenvalue weighted by Crippen LogP contribution is 2.61. The highest BCUT2D eigenvalue weighted by molar-refractivity contribution is 7.75. The number of rotatable bonds is 62. The highest BCUT2D eigenvalue weighted by atomic mass is 31.2. The Kier molecular flexibility index (Phi) is 61.1. The van der Waals surface area contributed by atoms with E-state index in [1.807, 2.05) is 0 Å². The van der Waals surface area contributed by atoms with E-state index in [0.717, 1.165) is 0 Å². The van der Waals surface area contributed by atoms with Crippen LogP contribution >= 0.6 is 7.26 Å². The standard InChI is InChI=1S/C66H136P/c1-5-9-13-17-21-25-29-32-35-38-41-44-48-52-56-60-64-67(63-59-55-51-47-28-24-20-16-12-8-4,65-61-57-53-49-45-42-39-36-33-30-26-22-18-14-10-6-2)66-62-58-54-50-46-43-40-37-34-31-27-23-19-15-11-7-3/h5-66H2,1-4H3/q+1. The van der Waals surface area contributed by atoms with Gasteiger partial charge in [-0.15, -0.1) is 0 Å². The van der Waals surface area contributed by atoms with Crippen molar-refractivity contribution in [2.75, 3.05) is 24.6 Å². The fourth-order valence-corrected chi connectivity index (χ4v) is 16.5. The molecule has 0 aromatic carbocycles. The molecule has 0 aliphatic heterocycles. The summed E-state index contributed by atoms with van der Waals surface area (Å²) in [6, 6.07) is 0. The lowest BCUT2D eigenvalue weighted by molar-refractivity contribution is 0.530. The second kappa shape index (κ2) is 60.7. The van der Waals surface area contributed by atoms with E-state index in [0.29, 0.717) is 0 Å². The van der Waals surface area contributed by atoms with Gasteiger partial charge in [0.05, 0.1) is 24.6 Å². The maximum absolute atomic E-state index is 2.35. The van der Waals surface area contributed by atoms with Gasteiger partial charge in [-0.25, -0.2) is 0 Å². The molecule has 1 heteroatoms. The Labute approximate surface area is 430 Å². The van der Waals surface area contributed by atoms with E-state index in [4.69, 9.17) is 0 Å². The van der Waals surface area contributed by atoms with Crippen LogP contribution in [0.1, 0.15) is 400 Å². The molecule has 0 heterocycles. The predicted octanol–water partition coefficient (Wildman–Crippen LogP) is 25.7. The van der Waals surface area contributed by atoms with Crippen molar-refractivity contribution >= 4 is 7.26 Å². The smallest absolute Gasteiger partial charge is 0.0594 e. The van der Waals surface area contributed by atoms with Crippen LogP contribution in [0.3, 0.4) is 0 Å². The Morgan fingerprint density at radius 3 is 0.313 bits per heavy atom. The largest absolute Gasteiger partial charge is 0.0654 e. The fourth-order valence-electron chi connectivity index (χ4n) is 11.6. The zero-order valence-corrected chi connectivity index (χ0v) is 49.2. The molecule has 0 unspecified atom stereocenters. The number of hydrogen-bond donors (Lipinski definition) is 0. The molecule has 404 valence electrons. The van der Waals surface area contributed by atoms with Crippen LogP contribution in [0.25, 0.3) is 0 Å². The second-order valence-electron chi connectivity index (χ2n) is 23.3. The molecule has 0 rings (SSSR count). The topological polar surface area (TPSA) is 0 Å². The van der Waals surface area contributed by atoms with Gasteiger partial charge in [-0.3, -0.25) is 0 Å². The average Bonchev–Trinajstić information content (AvgIpc) is 3.34. The molecule has 0 fully saturated rings. The first-order valence-electron chi connectivity index (χ1n) is 33.1. The van der Waals surface area contributed by atoms with E-state index in [2.05, 4.69) is 27.7 Å². The fraction of sp³-hybridized carbons (Fsp3) is 1.00. The van der Waals surface area contributed by atoms with Gasteiger partial charge in [-0.05, 0) is 51.4 Å². The molecule has 0 atom stereocenters. The molecular formula is C66H136P+. The highest BCUT2D eigenvalue weighted by Gasteiger charge is 2.35. The van der Waals surface area contributed by atoms with Crippen molar-refractivity contribution in [1.29, 1.82) is 0 Å². The molecule has 0 aliphatic rings. The third-order valence-electron chi connectivity index (χ3n) is 16.4. The van der Waals surface area contributed by atoms with Crippen LogP contribution in [0.2, 0.25) is 0 Å². The molecule has 0 radical (unpaired) electrons. The lowest BCUT2D eigenvalue weighted by Gasteiger charge is -2.28. The zero-order valence-electron chi connectivity index (χ0n) is 48.3. The Bertz CT molecular complexity index is 745. The molecule has 0 saturated heterocycles. The van der Waals surface area contributed by atoms with Gasteiger partial charge >= 0.3 is 0 Å². The summed E-state index contributed by atoms with van der Waals surface area (Å²) in [5.41, 5.74) is 0. The molecule has 0 N–H and O–H groups in total. The summed E-state index contributed by atoms with van der Waals surface area (Å²) >= 11 is 0. The number of hydrogen-bond acceptors (Lipinski definition) is 0. The quantitative estimate of drug-likeness (QED) is 0.0421. The molecule has 0 amide bonds. The van der Waals surface area contributed by atoms with Gasteiger partial charge in [-0.2, -0.15) is 0 Å². The van der Waals surface area contributed by atoms with E-state index < -0.39 is 7.26 Å². The van der Waals surface area contributed by atoms with Crippen molar-refractivity contribution in [2.45, 2.75) is 400 Å². The van der Waals surface area contributed by atoms with E-state index in [9.17, 15) is 0 Å². The maximum atomic E-state index is 2.35. The van der Waals surface area contributed by atoms with Crippen LogP contribution in [0.5, 0.6) is 0 Å². The Hall–Kier alpha value is 0.430. The van der Waals surface area contributed by atoms with Crippen molar-refractivity contribution in [1.82, 2.24) is 0 Å². The van der Waals surface area contributed by atoms with E-state index in [1.54, 1.807) is 50.3 Å². The summed E-state index contributed by atoms with van der Waals surface area (Å²) in [5.74, 6) is 0. The van der Waals surface area contributed by atoms with Crippen LogP contribution in [0, 0.1) is 0 Å². The lowest BCUT2D eigenvalue weighted by atomic mass is 10.0. The molecular weight excluding hydrogens is 824 g/mol. The van der Waals surface area contributed by atoms with Crippen LogP contribution in [0.4, 0.5) is 0 Å². The molecule has 0 nitrogen and oxygen atoms in total. The van der Waals surface area contributed by atoms with Crippen molar-refractivity contribution in [3.8, 4) is 0 Å². The molecule has 0 aromatic heterocycles. The van der Waals surface area contributed by atoms with E-state index in [1.165, 1.54) is 347 Å². The monoisotopic (exact) mass is 960 g/mol. The van der Waals surface area contributed by atoms with Crippen LogP contribution in [-0.2, 0) is 0 Å². The molecule has 0 aliphatic carbocycles. The summed E-state index contributed by atoms with van der Waals surface area (Å²) in [4.78, 5) is 0. The SMILES string of the molecule is CCCCCCCCCCCCCCCCCC[P+](CCCCCCCCCCCC)(CCCCCCCCCCCCCCCCCC)CCCCCCCCCCCCCCCCCC. The molecule has 0 spiro atoms. The van der Waals surface area contributed by atoms with Crippen LogP contribution in [0.15, 0.2) is 0 Å². The first kappa shape index (κ1) is 67.4. The Morgan fingerprint density at radius 1 is 0.119 bits per heavy atom. The average molecular weight is 961 g/mol. The van der Waals surface area contributed by atoms with Crippen molar-refractivity contribution in [2.24, 2.45) is 0 Å². The first-order valence-corrected chi connectivity index (χ1v) is 35.6. The summed E-state index contributed by atoms with van der Waals surface area (Å²) in [6.45, 7) is 9.35. The molecule has 0 aromatic rings. The minimum atomic E-state index is -0.835. The molecule has 0 saturated carbocycles. The molecule has 0 bridgehead atoms. The normalized spacial score (nSPS) is 12.0. The lowest BCUT2D eigenvalue weighted by Crippen LogP contribution is -2.13. The Morgan fingerprint density at radius 2 is 0.209 bits per heavy atom. The van der Waals surface area contributed by atoms with Gasteiger partial charge in [0, 0.05) is 7.26 Å². The zero-order chi connectivity index (χ0) is 48.3. The minimum absolute atomic E-state index is 0.835. The second-order valence-corrected chi connectivity index (χ2v) is 27.8. The number of unbranched alkanes of at least 4 members (excludes halogenated alkanes) is 54. The van der Waals surface area contributed by atoms with Crippen molar-refractivity contribution in [3.63, 3.8) is 0 Å². The molecule has 67 heavy (non-hydrogen) atoms. The Balaban J connectivity index is 4.87. The summed E-state index contributed by atoms with van der Waals surface area (Å²) in [6.07, 6.45) is 93.3. The third-order valence-corrected chi connectivity index (χ3v) is 21.5. The van der Waals surface area contributed by atoms with Crippen LogP contribution < -0.4 is 0 Å².